The van der Waals surface area contributed by atoms with E-state index in [1.807, 2.05) is 6.92 Å². The molecule has 1 aromatic carbocycles. The van der Waals surface area contributed by atoms with Crippen LogP contribution < -0.4 is 5.43 Å². The minimum absolute atomic E-state index is 0.0414. The van der Waals surface area contributed by atoms with Crippen molar-refractivity contribution < 1.29 is 4.39 Å². The molecule has 2 aromatic rings. The first-order chi connectivity index (χ1) is 7.63. The van der Waals surface area contributed by atoms with Crippen LogP contribution in [0.5, 0.6) is 0 Å². The fourth-order valence-corrected chi connectivity index (χ4v) is 1.89. The highest BCUT2D eigenvalue weighted by atomic mass is 19.1. The molecular formula is C13H14FNO. The lowest BCUT2D eigenvalue weighted by Crippen LogP contribution is -2.06. The zero-order chi connectivity index (χ0) is 11.7. The van der Waals surface area contributed by atoms with Crippen LogP contribution in [0.4, 0.5) is 4.39 Å². The Hall–Kier alpha value is -1.64. The quantitative estimate of drug-likeness (QED) is 0.827. The van der Waals surface area contributed by atoms with Gasteiger partial charge in [0.2, 0.25) is 0 Å². The molecule has 0 saturated carbocycles. The number of fused-ring (bicyclic) bond motifs is 1. The van der Waals surface area contributed by atoms with Gasteiger partial charge in [0.15, 0.2) is 5.43 Å². The SMILES string of the molecule is CCCc1cc(=O)c2ccc(F)c(C)c2[nH]1. The third kappa shape index (κ3) is 1.73. The van der Waals surface area contributed by atoms with Gasteiger partial charge in [0.1, 0.15) is 5.82 Å². The molecule has 0 aliphatic heterocycles. The van der Waals surface area contributed by atoms with Crippen LogP contribution in [0.15, 0.2) is 23.0 Å². The van der Waals surface area contributed by atoms with Gasteiger partial charge in [-0.2, -0.15) is 0 Å². The van der Waals surface area contributed by atoms with E-state index >= 15 is 0 Å². The van der Waals surface area contributed by atoms with Gasteiger partial charge in [-0.1, -0.05) is 13.3 Å². The third-order valence-electron chi connectivity index (χ3n) is 2.77. The van der Waals surface area contributed by atoms with Gasteiger partial charge in [-0.15, -0.1) is 0 Å². The number of aryl methyl sites for hydroxylation is 2. The fraction of sp³-hybridized carbons (Fsp3) is 0.308. The van der Waals surface area contributed by atoms with Crippen molar-refractivity contribution in [2.75, 3.05) is 0 Å². The summed E-state index contributed by atoms with van der Waals surface area (Å²) in [7, 11) is 0. The summed E-state index contributed by atoms with van der Waals surface area (Å²) in [6, 6.07) is 4.47. The Labute approximate surface area is 93.1 Å². The minimum atomic E-state index is -0.281. The third-order valence-corrected chi connectivity index (χ3v) is 2.77. The molecule has 2 nitrogen and oxygen atoms in total. The summed E-state index contributed by atoms with van der Waals surface area (Å²) in [6.07, 6.45) is 1.76. The number of pyridine rings is 1. The maximum Gasteiger partial charge on any atom is 0.189 e. The second-order valence-corrected chi connectivity index (χ2v) is 4.00. The second kappa shape index (κ2) is 4.08. The van der Waals surface area contributed by atoms with E-state index in [-0.39, 0.29) is 11.2 Å². The van der Waals surface area contributed by atoms with E-state index < -0.39 is 0 Å². The maximum absolute atomic E-state index is 13.4. The lowest BCUT2D eigenvalue weighted by atomic mass is 10.1. The molecule has 0 saturated heterocycles. The largest absolute Gasteiger partial charge is 0.358 e. The topological polar surface area (TPSA) is 32.9 Å². The van der Waals surface area contributed by atoms with Crippen molar-refractivity contribution >= 4 is 10.9 Å². The smallest absolute Gasteiger partial charge is 0.189 e. The summed E-state index contributed by atoms with van der Waals surface area (Å²) in [5.41, 5.74) is 1.96. The summed E-state index contributed by atoms with van der Waals surface area (Å²) in [5, 5.41) is 0.554. The Morgan fingerprint density at radius 1 is 1.38 bits per heavy atom. The van der Waals surface area contributed by atoms with Gasteiger partial charge in [-0.25, -0.2) is 4.39 Å². The van der Waals surface area contributed by atoms with Crippen molar-refractivity contribution in [3.05, 3.63) is 45.5 Å². The maximum atomic E-state index is 13.4. The summed E-state index contributed by atoms with van der Waals surface area (Å²) >= 11 is 0. The number of aromatic amines is 1. The van der Waals surface area contributed by atoms with Crippen LogP contribution in [0, 0.1) is 12.7 Å². The standard InChI is InChI=1S/C13H14FNO/c1-3-4-9-7-12(16)10-5-6-11(14)8(2)13(10)15-9/h5-7H,3-4H2,1-2H3,(H,15,16). The molecule has 0 bridgehead atoms. The fourth-order valence-electron chi connectivity index (χ4n) is 1.89. The highest BCUT2D eigenvalue weighted by Gasteiger charge is 2.07. The van der Waals surface area contributed by atoms with Gasteiger partial charge in [0.25, 0.3) is 0 Å². The van der Waals surface area contributed by atoms with Gasteiger partial charge < -0.3 is 4.98 Å². The molecule has 0 aliphatic rings. The van der Waals surface area contributed by atoms with Crippen molar-refractivity contribution in [1.82, 2.24) is 4.98 Å². The van der Waals surface area contributed by atoms with E-state index in [1.54, 1.807) is 13.0 Å². The first-order valence-electron chi connectivity index (χ1n) is 5.44. The molecule has 0 unspecified atom stereocenters. The Bertz CT molecular complexity index is 586. The molecule has 1 aromatic heterocycles. The van der Waals surface area contributed by atoms with E-state index in [2.05, 4.69) is 4.98 Å². The van der Waals surface area contributed by atoms with Crippen LogP contribution >= 0.6 is 0 Å². The number of nitrogens with one attached hydrogen (secondary N) is 1. The molecule has 84 valence electrons. The van der Waals surface area contributed by atoms with E-state index in [9.17, 15) is 9.18 Å². The van der Waals surface area contributed by atoms with Crippen LogP contribution in [0.2, 0.25) is 0 Å². The predicted molar refractivity (Wildman–Crippen MR) is 63.3 cm³/mol. The predicted octanol–water partition coefficient (Wildman–Crippen LogP) is 2.93. The number of H-pyrrole nitrogens is 1. The molecule has 16 heavy (non-hydrogen) atoms. The first kappa shape index (κ1) is 10.9. The van der Waals surface area contributed by atoms with E-state index in [4.69, 9.17) is 0 Å². The number of halogens is 1. The molecule has 1 N–H and O–H groups in total. The number of hydrogen-bond donors (Lipinski definition) is 1. The Kier molecular flexibility index (Phi) is 2.77. The zero-order valence-corrected chi connectivity index (χ0v) is 9.43. The monoisotopic (exact) mass is 219 g/mol. The van der Waals surface area contributed by atoms with Crippen LogP contribution in [-0.4, -0.2) is 4.98 Å². The number of hydrogen-bond acceptors (Lipinski definition) is 1. The van der Waals surface area contributed by atoms with Crippen LogP contribution in [0.25, 0.3) is 10.9 Å². The van der Waals surface area contributed by atoms with E-state index in [1.165, 1.54) is 12.1 Å². The van der Waals surface area contributed by atoms with Gasteiger partial charge >= 0.3 is 0 Å². The first-order valence-corrected chi connectivity index (χ1v) is 5.44. The lowest BCUT2D eigenvalue weighted by Gasteiger charge is -2.06. The molecule has 0 fully saturated rings. The normalized spacial score (nSPS) is 10.9. The Morgan fingerprint density at radius 2 is 2.12 bits per heavy atom. The summed E-state index contributed by atoms with van der Waals surface area (Å²) in [4.78, 5) is 14.9. The zero-order valence-electron chi connectivity index (χ0n) is 9.43. The number of benzene rings is 1. The van der Waals surface area contributed by atoms with Crippen molar-refractivity contribution in [3.63, 3.8) is 0 Å². The molecule has 0 atom stereocenters. The van der Waals surface area contributed by atoms with Crippen LogP contribution in [0.3, 0.4) is 0 Å². The van der Waals surface area contributed by atoms with Crippen molar-refractivity contribution in [3.8, 4) is 0 Å². The molecule has 3 heteroatoms. The molecular weight excluding hydrogens is 205 g/mol. The summed E-state index contributed by atoms with van der Waals surface area (Å²) < 4.78 is 13.4. The molecule has 0 amide bonds. The van der Waals surface area contributed by atoms with Crippen LogP contribution in [0.1, 0.15) is 24.6 Å². The molecule has 0 radical (unpaired) electrons. The van der Waals surface area contributed by atoms with Gasteiger partial charge in [0.05, 0.1) is 5.52 Å². The average Bonchev–Trinajstić information content (AvgIpc) is 2.25. The Balaban J connectivity index is 2.78. The van der Waals surface area contributed by atoms with Crippen molar-refractivity contribution in [1.29, 1.82) is 0 Å². The van der Waals surface area contributed by atoms with Gasteiger partial charge in [0, 0.05) is 22.7 Å². The molecule has 0 spiro atoms. The van der Waals surface area contributed by atoms with Crippen molar-refractivity contribution in [2.45, 2.75) is 26.7 Å². The Morgan fingerprint density at radius 3 is 2.81 bits per heavy atom. The van der Waals surface area contributed by atoms with Crippen LogP contribution in [-0.2, 0) is 6.42 Å². The van der Waals surface area contributed by atoms with Gasteiger partial charge in [-0.05, 0) is 25.5 Å². The number of rotatable bonds is 2. The second-order valence-electron chi connectivity index (χ2n) is 4.00. The average molecular weight is 219 g/mol. The summed E-state index contributed by atoms with van der Waals surface area (Å²) in [5.74, 6) is -0.281. The van der Waals surface area contributed by atoms with E-state index in [0.717, 1.165) is 18.5 Å². The summed E-state index contributed by atoms with van der Waals surface area (Å²) in [6.45, 7) is 3.73. The molecule has 1 heterocycles. The van der Waals surface area contributed by atoms with E-state index in [0.29, 0.717) is 16.5 Å². The van der Waals surface area contributed by atoms with Gasteiger partial charge in [-0.3, -0.25) is 4.79 Å². The highest BCUT2D eigenvalue weighted by molar-refractivity contribution is 5.81. The molecule has 0 aliphatic carbocycles. The van der Waals surface area contributed by atoms with Crippen molar-refractivity contribution in [2.24, 2.45) is 0 Å². The molecule has 2 rings (SSSR count). The highest BCUT2D eigenvalue weighted by Crippen LogP contribution is 2.17. The number of aromatic nitrogens is 1. The minimum Gasteiger partial charge on any atom is -0.358 e. The lowest BCUT2D eigenvalue weighted by molar-refractivity contribution is 0.620.